The fourth-order valence-electron chi connectivity index (χ4n) is 3.61. The monoisotopic (exact) mass is 281 g/mol. The zero-order chi connectivity index (χ0) is 14.2. The van der Waals surface area contributed by atoms with Crippen molar-refractivity contribution in [3.8, 4) is 0 Å². The minimum Gasteiger partial charge on any atom is -0.352 e. The Morgan fingerprint density at radius 2 is 1.85 bits per heavy atom. The van der Waals surface area contributed by atoms with E-state index in [9.17, 15) is 4.79 Å². The molecule has 0 spiro atoms. The van der Waals surface area contributed by atoms with Crippen molar-refractivity contribution in [3.63, 3.8) is 0 Å². The summed E-state index contributed by atoms with van der Waals surface area (Å²) < 4.78 is 0. The lowest BCUT2D eigenvalue weighted by atomic mass is 9.95. The van der Waals surface area contributed by atoms with Crippen molar-refractivity contribution >= 4 is 5.91 Å². The molecule has 1 heterocycles. The number of hydrogen-bond donors (Lipinski definition) is 2. The standard InChI is InChI=1S/C16H31N3O/c1-17-11-10-15-9-5-6-12-19(15)13-16(20)18-14-7-3-2-4-8-14/h14-15,17H,2-13H2,1H3,(H,18,20). The summed E-state index contributed by atoms with van der Waals surface area (Å²) in [4.78, 5) is 14.6. The highest BCUT2D eigenvalue weighted by molar-refractivity contribution is 5.78. The first-order valence-corrected chi connectivity index (χ1v) is 8.47. The maximum atomic E-state index is 12.2. The van der Waals surface area contributed by atoms with Crippen LogP contribution in [0.15, 0.2) is 0 Å². The van der Waals surface area contributed by atoms with E-state index in [-0.39, 0.29) is 5.91 Å². The molecule has 20 heavy (non-hydrogen) atoms. The minimum absolute atomic E-state index is 0.244. The zero-order valence-corrected chi connectivity index (χ0v) is 13.0. The smallest absolute Gasteiger partial charge is 0.234 e. The molecule has 116 valence electrons. The van der Waals surface area contributed by atoms with E-state index in [0.717, 1.165) is 19.5 Å². The van der Waals surface area contributed by atoms with Gasteiger partial charge >= 0.3 is 0 Å². The zero-order valence-electron chi connectivity index (χ0n) is 13.0. The van der Waals surface area contributed by atoms with Crippen molar-refractivity contribution in [3.05, 3.63) is 0 Å². The van der Waals surface area contributed by atoms with Crippen molar-refractivity contribution in [2.45, 2.75) is 69.9 Å². The van der Waals surface area contributed by atoms with Crippen molar-refractivity contribution in [1.29, 1.82) is 0 Å². The summed E-state index contributed by atoms with van der Waals surface area (Å²) in [6.45, 7) is 2.74. The topological polar surface area (TPSA) is 44.4 Å². The predicted molar refractivity (Wildman–Crippen MR) is 82.8 cm³/mol. The van der Waals surface area contributed by atoms with Gasteiger partial charge in [-0.3, -0.25) is 9.69 Å². The van der Waals surface area contributed by atoms with Gasteiger partial charge in [0.2, 0.25) is 5.91 Å². The van der Waals surface area contributed by atoms with Gasteiger partial charge in [0.25, 0.3) is 0 Å². The second kappa shape index (κ2) is 8.63. The molecule has 1 atom stereocenters. The normalized spacial score (nSPS) is 25.6. The second-order valence-electron chi connectivity index (χ2n) is 6.41. The van der Waals surface area contributed by atoms with Crippen LogP contribution in [0.3, 0.4) is 0 Å². The summed E-state index contributed by atoms with van der Waals surface area (Å²) in [6.07, 6.45) is 11.2. The summed E-state index contributed by atoms with van der Waals surface area (Å²) in [6, 6.07) is 1.03. The summed E-state index contributed by atoms with van der Waals surface area (Å²) in [5, 5.41) is 6.47. The summed E-state index contributed by atoms with van der Waals surface area (Å²) >= 11 is 0. The average molecular weight is 281 g/mol. The molecule has 0 aromatic rings. The van der Waals surface area contributed by atoms with E-state index in [4.69, 9.17) is 0 Å². The molecule has 4 nitrogen and oxygen atoms in total. The molecule has 1 saturated heterocycles. The molecule has 1 unspecified atom stereocenters. The van der Waals surface area contributed by atoms with Crippen LogP contribution in [0.4, 0.5) is 0 Å². The number of amides is 1. The molecule has 1 aliphatic carbocycles. The van der Waals surface area contributed by atoms with Gasteiger partial charge in [-0.2, -0.15) is 0 Å². The Morgan fingerprint density at radius 1 is 1.10 bits per heavy atom. The van der Waals surface area contributed by atoms with Gasteiger partial charge in [0.15, 0.2) is 0 Å². The number of hydrogen-bond acceptors (Lipinski definition) is 3. The third kappa shape index (κ3) is 5.06. The summed E-state index contributed by atoms with van der Waals surface area (Å²) in [5.74, 6) is 0.244. The average Bonchev–Trinajstić information content (AvgIpc) is 2.47. The van der Waals surface area contributed by atoms with Crippen molar-refractivity contribution in [2.75, 3.05) is 26.7 Å². The molecule has 0 aromatic carbocycles. The number of carbonyl (C=O) groups excluding carboxylic acids is 1. The summed E-state index contributed by atoms with van der Waals surface area (Å²) in [5.41, 5.74) is 0. The maximum absolute atomic E-state index is 12.2. The van der Waals surface area contributed by atoms with E-state index in [0.29, 0.717) is 18.6 Å². The molecular formula is C16H31N3O. The number of piperidine rings is 1. The van der Waals surface area contributed by atoms with Crippen LogP contribution in [0.5, 0.6) is 0 Å². The molecule has 2 rings (SSSR count). The number of nitrogens with one attached hydrogen (secondary N) is 2. The fourth-order valence-corrected chi connectivity index (χ4v) is 3.61. The van der Waals surface area contributed by atoms with E-state index >= 15 is 0 Å². The SMILES string of the molecule is CNCCC1CCCCN1CC(=O)NC1CCCCC1. The van der Waals surface area contributed by atoms with Gasteiger partial charge in [-0.25, -0.2) is 0 Å². The molecule has 2 fully saturated rings. The first-order chi connectivity index (χ1) is 9.79. The molecule has 4 heteroatoms. The van der Waals surface area contributed by atoms with Gasteiger partial charge in [-0.1, -0.05) is 25.7 Å². The fraction of sp³-hybridized carbons (Fsp3) is 0.938. The Morgan fingerprint density at radius 3 is 2.60 bits per heavy atom. The number of likely N-dealkylation sites (tertiary alicyclic amines) is 1. The van der Waals surface area contributed by atoms with E-state index in [1.54, 1.807) is 0 Å². The molecule has 2 N–H and O–H groups in total. The lowest BCUT2D eigenvalue weighted by Gasteiger charge is -2.35. The molecule has 1 aliphatic heterocycles. The van der Waals surface area contributed by atoms with Gasteiger partial charge in [0.05, 0.1) is 6.54 Å². The third-order valence-corrected chi connectivity index (χ3v) is 4.79. The highest BCUT2D eigenvalue weighted by Crippen LogP contribution is 2.20. The van der Waals surface area contributed by atoms with Crippen LogP contribution in [-0.4, -0.2) is 49.6 Å². The Labute approximate surface area is 123 Å². The molecule has 2 aliphatic rings. The summed E-state index contributed by atoms with van der Waals surface area (Å²) in [7, 11) is 2.00. The van der Waals surface area contributed by atoms with E-state index in [1.165, 1.54) is 51.4 Å². The largest absolute Gasteiger partial charge is 0.352 e. The Balaban J connectivity index is 1.75. The minimum atomic E-state index is 0.244. The van der Waals surface area contributed by atoms with Gasteiger partial charge in [0, 0.05) is 12.1 Å². The van der Waals surface area contributed by atoms with E-state index < -0.39 is 0 Å². The van der Waals surface area contributed by atoms with Gasteiger partial charge < -0.3 is 10.6 Å². The van der Waals surface area contributed by atoms with E-state index in [1.807, 2.05) is 7.05 Å². The molecule has 0 aromatic heterocycles. The van der Waals surface area contributed by atoms with Crippen LogP contribution in [0.25, 0.3) is 0 Å². The molecule has 1 saturated carbocycles. The number of nitrogens with zero attached hydrogens (tertiary/aromatic N) is 1. The second-order valence-corrected chi connectivity index (χ2v) is 6.41. The molecule has 0 radical (unpaired) electrons. The predicted octanol–water partition coefficient (Wildman–Crippen LogP) is 1.90. The first kappa shape index (κ1) is 15.8. The molecule has 1 amide bonds. The van der Waals surface area contributed by atoms with Crippen LogP contribution in [-0.2, 0) is 4.79 Å². The highest BCUT2D eigenvalue weighted by Gasteiger charge is 2.24. The Bertz CT molecular complexity index is 289. The highest BCUT2D eigenvalue weighted by atomic mass is 16.2. The maximum Gasteiger partial charge on any atom is 0.234 e. The van der Waals surface area contributed by atoms with Gasteiger partial charge in [0.1, 0.15) is 0 Å². The lowest BCUT2D eigenvalue weighted by molar-refractivity contribution is -0.124. The molecular weight excluding hydrogens is 250 g/mol. The lowest BCUT2D eigenvalue weighted by Crippen LogP contribution is -2.48. The first-order valence-electron chi connectivity index (χ1n) is 8.47. The van der Waals surface area contributed by atoms with Crippen molar-refractivity contribution in [2.24, 2.45) is 0 Å². The van der Waals surface area contributed by atoms with Gasteiger partial charge in [-0.05, 0) is 52.2 Å². The van der Waals surface area contributed by atoms with Crippen LogP contribution >= 0.6 is 0 Å². The third-order valence-electron chi connectivity index (χ3n) is 4.79. The van der Waals surface area contributed by atoms with Crippen molar-refractivity contribution in [1.82, 2.24) is 15.5 Å². The molecule has 0 bridgehead atoms. The van der Waals surface area contributed by atoms with Crippen LogP contribution < -0.4 is 10.6 Å². The number of rotatable bonds is 6. The van der Waals surface area contributed by atoms with Crippen molar-refractivity contribution < 1.29 is 4.79 Å². The van der Waals surface area contributed by atoms with E-state index in [2.05, 4.69) is 15.5 Å². The Hall–Kier alpha value is -0.610. The van der Waals surface area contributed by atoms with Crippen LogP contribution in [0, 0.1) is 0 Å². The Kier molecular flexibility index (Phi) is 6.80. The van der Waals surface area contributed by atoms with Crippen LogP contribution in [0.1, 0.15) is 57.8 Å². The quantitative estimate of drug-likeness (QED) is 0.781. The van der Waals surface area contributed by atoms with Crippen LogP contribution in [0.2, 0.25) is 0 Å². The number of carbonyl (C=O) groups is 1. The van der Waals surface area contributed by atoms with Gasteiger partial charge in [-0.15, -0.1) is 0 Å².